The third-order valence-electron chi connectivity index (χ3n) is 2.16. The average molecular weight is 367 g/mol. The van der Waals surface area contributed by atoms with Crippen molar-refractivity contribution < 1.29 is 0 Å². The molecule has 0 fully saturated rings. The Bertz CT molecular complexity index is 604. The van der Waals surface area contributed by atoms with Gasteiger partial charge in [0.15, 0.2) is 5.82 Å². The first-order valence-corrected chi connectivity index (χ1v) is 6.74. The summed E-state index contributed by atoms with van der Waals surface area (Å²) >= 11 is 21.2. The van der Waals surface area contributed by atoms with Crippen LogP contribution in [0.5, 0.6) is 0 Å². The molecule has 1 aromatic heterocycles. The maximum atomic E-state index is 6.03. The zero-order chi connectivity index (χ0) is 13.3. The van der Waals surface area contributed by atoms with Gasteiger partial charge in [0, 0.05) is 0 Å². The van der Waals surface area contributed by atoms with Crippen molar-refractivity contribution in [1.82, 2.24) is 4.98 Å². The monoisotopic (exact) mass is 365 g/mol. The van der Waals surface area contributed by atoms with E-state index in [9.17, 15) is 0 Å². The number of nitrogen functional groups attached to an aromatic ring is 1. The summed E-state index contributed by atoms with van der Waals surface area (Å²) in [5, 5.41) is 4.31. The van der Waals surface area contributed by atoms with Gasteiger partial charge in [-0.1, -0.05) is 40.9 Å². The van der Waals surface area contributed by atoms with Gasteiger partial charge >= 0.3 is 0 Å². The fourth-order valence-corrected chi connectivity index (χ4v) is 2.24. The van der Waals surface area contributed by atoms with E-state index in [2.05, 4.69) is 26.2 Å². The molecule has 0 saturated carbocycles. The number of benzene rings is 1. The molecule has 0 aliphatic heterocycles. The lowest BCUT2D eigenvalue weighted by molar-refractivity contribution is 1.31. The lowest BCUT2D eigenvalue weighted by Crippen LogP contribution is -1.99. The molecule has 0 atom stereocenters. The van der Waals surface area contributed by atoms with Crippen LogP contribution in [0, 0.1) is 0 Å². The number of hydrogen-bond acceptors (Lipinski definition) is 3. The van der Waals surface area contributed by atoms with Crippen LogP contribution in [0.15, 0.2) is 28.7 Å². The van der Waals surface area contributed by atoms with Crippen molar-refractivity contribution in [2.45, 2.75) is 0 Å². The average Bonchev–Trinajstić information content (AvgIpc) is 2.32. The maximum Gasteiger partial charge on any atom is 0.151 e. The first-order valence-electron chi connectivity index (χ1n) is 4.81. The molecule has 0 radical (unpaired) electrons. The van der Waals surface area contributed by atoms with Gasteiger partial charge in [0.1, 0.15) is 5.82 Å². The predicted molar refractivity (Wildman–Crippen MR) is 81.1 cm³/mol. The first-order chi connectivity index (χ1) is 8.49. The van der Waals surface area contributed by atoms with Crippen molar-refractivity contribution in [3.8, 4) is 0 Å². The van der Waals surface area contributed by atoms with Crippen molar-refractivity contribution >= 4 is 68.1 Å². The molecule has 18 heavy (non-hydrogen) atoms. The molecule has 2 aromatic rings. The molecule has 0 saturated heterocycles. The Morgan fingerprint density at radius 2 is 1.83 bits per heavy atom. The Balaban J connectivity index is 2.40. The highest BCUT2D eigenvalue weighted by atomic mass is 79.9. The van der Waals surface area contributed by atoms with Crippen LogP contribution in [0.4, 0.5) is 17.3 Å². The Morgan fingerprint density at radius 1 is 1.11 bits per heavy atom. The molecular weight excluding hydrogens is 360 g/mol. The van der Waals surface area contributed by atoms with Gasteiger partial charge in [-0.2, -0.15) is 0 Å². The lowest BCUT2D eigenvalue weighted by Gasteiger charge is -2.11. The number of aromatic nitrogens is 1. The SMILES string of the molecule is Nc1nc(Nc2cccc(Cl)c2Br)c(Cl)cc1Cl. The molecule has 0 amide bonds. The van der Waals surface area contributed by atoms with Crippen LogP contribution in [-0.4, -0.2) is 4.98 Å². The second-order valence-corrected chi connectivity index (χ2v) is 5.43. The van der Waals surface area contributed by atoms with E-state index in [0.29, 0.717) is 20.9 Å². The minimum atomic E-state index is 0.210. The molecule has 94 valence electrons. The van der Waals surface area contributed by atoms with Crippen LogP contribution in [-0.2, 0) is 0 Å². The highest BCUT2D eigenvalue weighted by Gasteiger charge is 2.10. The van der Waals surface area contributed by atoms with Gasteiger partial charge in [-0.15, -0.1) is 0 Å². The summed E-state index contributed by atoms with van der Waals surface area (Å²) < 4.78 is 0.720. The third-order valence-corrected chi connectivity index (χ3v) is 4.15. The fraction of sp³-hybridized carbons (Fsp3) is 0. The molecule has 3 N–H and O–H groups in total. The minimum absolute atomic E-state index is 0.210. The van der Waals surface area contributed by atoms with Crippen LogP contribution < -0.4 is 11.1 Å². The van der Waals surface area contributed by atoms with E-state index in [1.165, 1.54) is 6.07 Å². The molecule has 7 heteroatoms. The number of anilines is 3. The Kier molecular flexibility index (Phi) is 4.22. The Hall–Kier alpha value is -0.680. The van der Waals surface area contributed by atoms with Crippen molar-refractivity contribution in [2.24, 2.45) is 0 Å². The van der Waals surface area contributed by atoms with Crippen LogP contribution in [0.1, 0.15) is 0 Å². The van der Waals surface area contributed by atoms with Gasteiger partial charge in [0.25, 0.3) is 0 Å². The molecule has 0 aliphatic rings. The number of nitrogens with two attached hydrogens (primary N) is 1. The van der Waals surface area contributed by atoms with Gasteiger partial charge in [-0.05, 0) is 34.1 Å². The summed E-state index contributed by atoms with van der Waals surface area (Å²) in [6.45, 7) is 0. The van der Waals surface area contributed by atoms with Gasteiger partial charge in [-0.25, -0.2) is 4.98 Å². The number of halogens is 4. The predicted octanol–water partition coefficient (Wildman–Crippen LogP) is 5.13. The molecule has 0 spiro atoms. The quantitative estimate of drug-likeness (QED) is 0.774. The van der Waals surface area contributed by atoms with Crippen LogP contribution in [0.2, 0.25) is 15.1 Å². The Morgan fingerprint density at radius 3 is 2.56 bits per heavy atom. The second-order valence-electron chi connectivity index (χ2n) is 3.41. The Labute approximate surface area is 127 Å². The van der Waals surface area contributed by atoms with E-state index in [1.807, 2.05) is 12.1 Å². The second kappa shape index (κ2) is 5.53. The maximum absolute atomic E-state index is 6.03. The topological polar surface area (TPSA) is 50.9 Å². The summed E-state index contributed by atoms with van der Waals surface area (Å²) in [5.41, 5.74) is 6.37. The molecule has 0 unspecified atom stereocenters. The fourth-order valence-electron chi connectivity index (χ4n) is 1.30. The molecule has 3 nitrogen and oxygen atoms in total. The minimum Gasteiger partial charge on any atom is -0.382 e. The number of nitrogens with one attached hydrogen (secondary N) is 1. The number of hydrogen-bond donors (Lipinski definition) is 2. The summed E-state index contributed by atoms with van der Waals surface area (Å²) in [6.07, 6.45) is 0. The van der Waals surface area contributed by atoms with Crippen molar-refractivity contribution in [2.75, 3.05) is 11.1 Å². The number of nitrogens with zero attached hydrogens (tertiary/aromatic N) is 1. The summed E-state index contributed by atoms with van der Waals surface area (Å²) in [7, 11) is 0. The molecule has 0 bridgehead atoms. The van der Waals surface area contributed by atoms with Crippen LogP contribution in [0.25, 0.3) is 0 Å². The smallest absolute Gasteiger partial charge is 0.151 e. The molecular formula is C11H7BrCl3N3. The largest absolute Gasteiger partial charge is 0.382 e. The number of rotatable bonds is 2. The van der Waals surface area contributed by atoms with Gasteiger partial charge in [0.05, 0.1) is 25.2 Å². The summed E-state index contributed by atoms with van der Waals surface area (Å²) in [6, 6.07) is 6.94. The van der Waals surface area contributed by atoms with E-state index in [1.54, 1.807) is 6.07 Å². The van der Waals surface area contributed by atoms with E-state index in [4.69, 9.17) is 40.5 Å². The zero-order valence-corrected chi connectivity index (χ0v) is 12.7. The van der Waals surface area contributed by atoms with Gasteiger partial charge in [0.2, 0.25) is 0 Å². The van der Waals surface area contributed by atoms with Crippen molar-refractivity contribution in [1.29, 1.82) is 0 Å². The van der Waals surface area contributed by atoms with E-state index < -0.39 is 0 Å². The van der Waals surface area contributed by atoms with Crippen molar-refractivity contribution in [3.63, 3.8) is 0 Å². The molecule has 2 rings (SSSR count). The number of pyridine rings is 1. The van der Waals surface area contributed by atoms with E-state index in [0.717, 1.165) is 10.2 Å². The zero-order valence-electron chi connectivity index (χ0n) is 8.85. The van der Waals surface area contributed by atoms with Crippen LogP contribution in [0.3, 0.4) is 0 Å². The van der Waals surface area contributed by atoms with Crippen LogP contribution >= 0.6 is 50.7 Å². The normalized spacial score (nSPS) is 10.4. The van der Waals surface area contributed by atoms with E-state index >= 15 is 0 Å². The molecule has 1 heterocycles. The van der Waals surface area contributed by atoms with Gasteiger partial charge < -0.3 is 11.1 Å². The summed E-state index contributed by atoms with van der Waals surface area (Å²) in [5.74, 6) is 0.628. The molecule has 1 aromatic carbocycles. The lowest BCUT2D eigenvalue weighted by atomic mass is 10.3. The van der Waals surface area contributed by atoms with E-state index in [-0.39, 0.29) is 5.82 Å². The van der Waals surface area contributed by atoms with Crippen molar-refractivity contribution in [3.05, 3.63) is 43.8 Å². The highest BCUT2D eigenvalue weighted by Crippen LogP contribution is 2.34. The highest BCUT2D eigenvalue weighted by molar-refractivity contribution is 9.10. The van der Waals surface area contributed by atoms with Gasteiger partial charge in [-0.3, -0.25) is 0 Å². The summed E-state index contributed by atoms with van der Waals surface area (Å²) in [4.78, 5) is 4.08. The first kappa shape index (κ1) is 13.7. The standard InChI is InChI=1S/C11H7BrCl3N3/c12-9-5(13)2-1-3-8(9)17-11-7(15)4-6(14)10(16)18-11/h1-4H,(H3,16,17,18). The molecule has 0 aliphatic carbocycles. The third kappa shape index (κ3) is 2.83.